The van der Waals surface area contributed by atoms with Crippen LogP contribution in [0, 0.1) is 0 Å². The van der Waals surface area contributed by atoms with Gasteiger partial charge in [0.1, 0.15) is 24.5 Å². The van der Waals surface area contributed by atoms with E-state index >= 15 is 0 Å². The minimum atomic E-state index is -0.420. The Morgan fingerprint density at radius 1 is 1.30 bits per heavy atom. The summed E-state index contributed by atoms with van der Waals surface area (Å²) in [6.45, 7) is 0. The van der Waals surface area contributed by atoms with Crippen molar-refractivity contribution in [1.29, 1.82) is 0 Å². The number of hydrogen-bond acceptors (Lipinski definition) is 4. The van der Waals surface area contributed by atoms with Crippen molar-refractivity contribution in [2.24, 2.45) is 0 Å². The molecule has 5 nitrogen and oxygen atoms in total. The summed E-state index contributed by atoms with van der Waals surface area (Å²) in [5.41, 5.74) is 0.933. The van der Waals surface area contributed by atoms with Gasteiger partial charge in [0, 0.05) is 23.4 Å². The summed E-state index contributed by atoms with van der Waals surface area (Å²) in [5.74, 6) is -0.281. The number of nitrogens with zero attached hydrogens (tertiary/aromatic N) is 3. The molecule has 1 aliphatic rings. The Morgan fingerprint density at radius 2 is 2.05 bits per heavy atom. The summed E-state index contributed by atoms with van der Waals surface area (Å²) in [4.78, 5) is 15.6. The molecule has 1 aromatic heterocycles. The zero-order valence-electron chi connectivity index (χ0n) is 10.5. The molecular weight excluding hydrogens is 278 g/mol. The third-order valence-electron chi connectivity index (χ3n) is 3.43. The van der Waals surface area contributed by atoms with Crippen LogP contribution in [0.15, 0.2) is 48.8 Å². The van der Waals surface area contributed by atoms with Crippen LogP contribution in [0.4, 0.5) is 0 Å². The Kier molecular flexibility index (Phi) is 3.28. The highest BCUT2D eigenvalue weighted by molar-refractivity contribution is 6.30. The van der Waals surface area contributed by atoms with Gasteiger partial charge in [0.15, 0.2) is 5.78 Å². The molecule has 1 N–H and O–H groups in total. The van der Waals surface area contributed by atoms with E-state index in [0.29, 0.717) is 11.4 Å². The Labute approximate surface area is 120 Å². The summed E-state index contributed by atoms with van der Waals surface area (Å²) in [6, 6.07) is 6.85. The van der Waals surface area contributed by atoms with Gasteiger partial charge in [0.2, 0.25) is 0 Å². The van der Waals surface area contributed by atoms with Crippen molar-refractivity contribution in [3.8, 4) is 0 Å². The Bertz CT molecular complexity index is 650. The average Bonchev–Trinajstić information content (AvgIpc) is 2.92. The third-order valence-corrected chi connectivity index (χ3v) is 3.69. The lowest BCUT2D eigenvalue weighted by Gasteiger charge is -2.29. The van der Waals surface area contributed by atoms with Gasteiger partial charge in [-0.05, 0) is 17.7 Å². The van der Waals surface area contributed by atoms with Gasteiger partial charge in [-0.25, -0.2) is 9.67 Å². The van der Waals surface area contributed by atoms with Crippen LogP contribution in [0.3, 0.4) is 0 Å². The molecule has 0 saturated carbocycles. The first-order chi connectivity index (χ1) is 9.65. The lowest BCUT2D eigenvalue weighted by Crippen LogP contribution is -2.27. The molecule has 0 unspecified atom stereocenters. The van der Waals surface area contributed by atoms with Crippen LogP contribution in [-0.4, -0.2) is 25.7 Å². The van der Waals surface area contributed by atoms with Gasteiger partial charge < -0.3 is 5.11 Å². The normalized spacial score (nSPS) is 22.6. The van der Waals surface area contributed by atoms with E-state index in [-0.39, 0.29) is 17.5 Å². The Balaban J connectivity index is 2.04. The average molecular weight is 290 g/mol. The number of ketones is 1. The molecule has 3 rings (SSSR count). The number of rotatable bonds is 2. The quantitative estimate of drug-likeness (QED) is 0.923. The lowest BCUT2D eigenvalue weighted by molar-refractivity contribution is -0.116. The van der Waals surface area contributed by atoms with Gasteiger partial charge in [0.25, 0.3) is 0 Å². The maximum absolute atomic E-state index is 11.7. The summed E-state index contributed by atoms with van der Waals surface area (Å²) >= 11 is 5.89. The number of aliphatic hydroxyl groups excluding tert-OH is 1. The highest BCUT2D eigenvalue weighted by atomic mass is 35.5. The second-order valence-corrected chi connectivity index (χ2v) is 5.15. The van der Waals surface area contributed by atoms with E-state index in [0.717, 1.165) is 5.56 Å². The standard InChI is InChI=1S/C14H12ClN3O2/c15-10-3-1-9(2-4-10)12-5-11(19)6-13(20)14(12)18-8-16-7-17-18/h1-4,6-8,12,14,20H,5H2/t12-,14+/m1/s1. The third kappa shape index (κ3) is 2.32. The fourth-order valence-electron chi connectivity index (χ4n) is 2.53. The van der Waals surface area contributed by atoms with Gasteiger partial charge in [-0.1, -0.05) is 23.7 Å². The monoisotopic (exact) mass is 289 g/mol. The maximum atomic E-state index is 11.7. The molecule has 0 amide bonds. The van der Waals surface area contributed by atoms with Crippen LogP contribution in [0.1, 0.15) is 23.9 Å². The van der Waals surface area contributed by atoms with Crippen molar-refractivity contribution in [2.75, 3.05) is 0 Å². The zero-order valence-corrected chi connectivity index (χ0v) is 11.2. The molecule has 0 aliphatic heterocycles. The van der Waals surface area contributed by atoms with Crippen LogP contribution < -0.4 is 0 Å². The molecule has 1 aromatic carbocycles. The number of allylic oxidation sites excluding steroid dienone is 2. The smallest absolute Gasteiger partial charge is 0.159 e. The molecular formula is C14H12ClN3O2. The van der Waals surface area contributed by atoms with Crippen molar-refractivity contribution in [2.45, 2.75) is 18.4 Å². The van der Waals surface area contributed by atoms with Crippen molar-refractivity contribution in [3.63, 3.8) is 0 Å². The van der Waals surface area contributed by atoms with Crippen LogP contribution >= 0.6 is 11.6 Å². The van der Waals surface area contributed by atoms with Crippen LogP contribution in [0.25, 0.3) is 0 Å². The topological polar surface area (TPSA) is 68.0 Å². The molecule has 0 bridgehead atoms. The molecule has 20 heavy (non-hydrogen) atoms. The fraction of sp³-hybridized carbons (Fsp3) is 0.214. The number of hydrogen-bond donors (Lipinski definition) is 1. The zero-order chi connectivity index (χ0) is 14.1. The molecule has 1 heterocycles. The van der Waals surface area contributed by atoms with E-state index in [1.807, 2.05) is 12.1 Å². The predicted octanol–water partition coefficient (Wildman–Crippen LogP) is 2.67. The molecule has 0 spiro atoms. The first-order valence-electron chi connectivity index (χ1n) is 6.18. The van der Waals surface area contributed by atoms with Crippen molar-refractivity contribution < 1.29 is 9.90 Å². The first kappa shape index (κ1) is 12.9. The molecule has 1 aliphatic carbocycles. The molecule has 102 valence electrons. The van der Waals surface area contributed by atoms with Gasteiger partial charge >= 0.3 is 0 Å². The van der Waals surface area contributed by atoms with Gasteiger partial charge in [-0.2, -0.15) is 5.10 Å². The Hall–Kier alpha value is -2.14. The van der Waals surface area contributed by atoms with Crippen molar-refractivity contribution in [1.82, 2.24) is 14.8 Å². The van der Waals surface area contributed by atoms with Crippen molar-refractivity contribution >= 4 is 17.4 Å². The fourth-order valence-corrected chi connectivity index (χ4v) is 2.66. The van der Waals surface area contributed by atoms with Gasteiger partial charge in [-0.3, -0.25) is 4.79 Å². The maximum Gasteiger partial charge on any atom is 0.159 e. The van der Waals surface area contributed by atoms with E-state index in [1.165, 1.54) is 18.7 Å². The number of aliphatic hydroxyl groups is 1. The highest BCUT2D eigenvalue weighted by Crippen LogP contribution is 2.39. The van der Waals surface area contributed by atoms with E-state index in [2.05, 4.69) is 10.1 Å². The summed E-state index contributed by atoms with van der Waals surface area (Å²) in [5, 5.41) is 14.8. The number of carbonyl (C=O) groups excluding carboxylic acids is 1. The molecule has 2 aromatic rings. The minimum Gasteiger partial charge on any atom is -0.510 e. The van der Waals surface area contributed by atoms with Crippen LogP contribution in [-0.2, 0) is 4.79 Å². The lowest BCUT2D eigenvalue weighted by atomic mass is 9.82. The largest absolute Gasteiger partial charge is 0.510 e. The number of halogens is 1. The Morgan fingerprint density at radius 3 is 2.70 bits per heavy atom. The summed E-state index contributed by atoms with van der Waals surface area (Å²) < 4.78 is 1.57. The minimum absolute atomic E-state index is 0.00620. The molecule has 0 saturated heterocycles. The van der Waals surface area contributed by atoms with Gasteiger partial charge in [-0.15, -0.1) is 0 Å². The second-order valence-electron chi connectivity index (χ2n) is 4.72. The summed E-state index contributed by atoms with van der Waals surface area (Å²) in [6.07, 6.45) is 4.52. The van der Waals surface area contributed by atoms with E-state index in [4.69, 9.17) is 11.6 Å². The number of benzene rings is 1. The van der Waals surface area contributed by atoms with Crippen LogP contribution in [0.2, 0.25) is 5.02 Å². The van der Waals surface area contributed by atoms with Crippen molar-refractivity contribution in [3.05, 3.63) is 59.3 Å². The number of aromatic nitrogens is 3. The SMILES string of the molecule is O=C1C=C(O)[C@@H](n2cncn2)[C@@H](c2ccc(Cl)cc2)C1. The molecule has 6 heteroatoms. The second kappa shape index (κ2) is 5.09. The van der Waals surface area contributed by atoms with Crippen LogP contribution in [0.5, 0.6) is 0 Å². The number of carbonyl (C=O) groups is 1. The van der Waals surface area contributed by atoms with E-state index < -0.39 is 6.04 Å². The highest BCUT2D eigenvalue weighted by Gasteiger charge is 2.34. The summed E-state index contributed by atoms with van der Waals surface area (Å²) in [7, 11) is 0. The molecule has 0 fully saturated rings. The predicted molar refractivity (Wildman–Crippen MR) is 73.6 cm³/mol. The first-order valence-corrected chi connectivity index (χ1v) is 6.56. The van der Waals surface area contributed by atoms with E-state index in [9.17, 15) is 9.90 Å². The van der Waals surface area contributed by atoms with E-state index in [1.54, 1.807) is 16.8 Å². The molecule has 2 atom stereocenters. The van der Waals surface area contributed by atoms with Gasteiger partial charge in [0.05, 0.1) is 0 Å². The molecule has 0 radical (unpaired) electrons.